The van der Waals surface area contributed by atoms with Crippen molar-refractivity contribution < 1.29 is 17.9 Å². The summed E-state index contributed by atoms with van der Waals surface area (Å²) in [5.74, 6) is 1.40. The SMILES string of the molecule is COc1ccc(-c2nnc(S[C@@H](C)C(=O)N[C@@H]3CCS(=O)(=O)C3)n2C)cc1. The largest absolute Gasteiger partial charge is 0.497 e. The van der Waals surface area contributed by atoms with Crippen molar-refractivity contribution in [3.63, 3.8) is 0 Å². The fraction of sp³-hybridized carbons (Fsp3) is 0.471. The quantitative estimate of drug-likeness (QED) is 0.716. The molecule has 0 aliphatic carbocycles. The Balaban J connectivity index is 1.65. The highest BCUT2D eigenvalue weighted by Gasteiger charge is 2.30. The van der Waals surface area contributed by atoms with Gasteiger partial charge in [0.2, 0.25) is 5.91 Å². The van der Waals surface area contributed by atoms with Crippen molar-refractivity contribution in [2.24, 2.45) is 7.05 Å². The Hall–Kier alpha value is -2.07. The number of thioether (sulfide) groups is 1. The molecule has 1 fully saturated rings. The van der Waals surface area contributed by atoms with Gasteiger partial charge >= 0.3 is 0 Å². The van der Waals surface area contributed by atoms with Crippen LogP contribution in [0.15, 0.2) is 29.4 Å². The van der Waals surface area contributed by atoms with Crippen molar-refractivity contribution in [1.29, 1.82) is 0 Å². The zero-order valence-electron chi connectivity index (χ0n) is 15.4. The number of methoxy groups -OCH3 is 1. The van der Waals surface area contributed by atoms with Crippen LogP contribution in [0.2, 0.25) is 0 Å². The van der Waals surface area contributed by atoms with E-state index in [0.717, 1.165) is 11.3 Å². The average molecular weight is 411 g/mol. The molecule has 1 saturated heterocycles. The first-order valence-electron chi connectivity index (χ1n) is 8.50. The van der Waals surface area contributed by atoms with Crippen LogP contribution < -0.4 is 10.1 Å². The smallest absolute Gasteiger partial charge is 0.233 e. The second-order valence-electron chi connectivity index (χ2n) is 6.46. The van der Waals surface area contributed by atoms with Gasteiger partial charge in [-0.3, -0.25) is 4.79 Å². The van der Waals surface area contributed by atoms with Crippen molar-refractivity contribution in [1.82, 2.24) is 20.1 Å². The molecule has 8 nitrogen and oxygen atoms in total. The number of nitrogens with one attached hydrogen (secondary N) is 1. The molecule has 0 spiro atoms. The lowest BCUT2D eigenvalue weighted by Gasteiger charge is -2.15. The normalized spacial score (nSPS) is 19.6. The van der Waals surface area contributed by atoms with Crippen LogP contribution in [-0.4, -0.2) is 59.0 Å². The van der Waals surface area contributed by atoms with E-state index in [1.807, 2.05) is 35.9 Å². The minimum atomic E-state index is -3.02. The van der Waals surface area contributed by atoms with Crippen LogP contribution in [0, 0.1) is 0 Å². The third-order valence-corrected chi connectivity index (χ3v) is 7.32. The molecule has 3 rings (SSSR count). The van der Waals surface area contributed by atoms with E-state index in [9.17, 15) is 13.2 Å². The summed E-state index contributed by atoms with van der Waals surface area (Å²) >= 11 is 1.29. The number of nitrogens with zero attached hydrogens (tertiary/aromatic N) is 3. The van der Waals surface area contributed by atoms with Gasteiger partial charge in [-0.15, -0.1) is 10.2 Å². The molecule has 2 heterocycles. The Bertz CT molecular complexity index is 925. The van der Waals surface area contributed by atoms with E-state index >= 15 is 0 Å². The van der Waals surface area contributed by atoms with Gasteiger partial charge in [0.05, 0.1) is 23.9 Å². The zero-order chi connectivity index (χ0) is 19.6. The third-order valence-electron chi connectivity index (χ3n) is 4.41. The van der Waals surface area contributed by atoms with Gasteiger partial charge in [-0.1, -0.05) is 11.8 Å². The number of carbonyl (C=O) groups is 1. The van der Waals surface area contributed by atoms with Gasteiger partial charge in [-0.05, 0) is 37.6 Å². The van der Waals surface area contributed by atoms with Crippen LogP contribution in [0.5, 0.6) is 5.75 Å². The van der Waals surface area contributed by atoms with Crippen LogP contribution in [0.25, 0.3) is 11.4 Å². The van der Waals surface area contributed by atoms with E-state index in [1.54, 1.807) is 14.0 Å². The third kappa shape index (κ3) is 4.62. The van der Waals surface area contributed by atoms with Crippen LogP contribution in [-0.2, 0) is 21.7 Å². The van der Waals surface area contributed by atoms with Crippen molar-refractivity contribution in [3.8, 4) is 17.1 Å². The maximum Gasteiger partial charge on any atom is 0.233 e. The lowest BCUT2D eigenvalue weighted by Crippen LogP contribution is -2.40. The molecule has 146 valence electrons. The first-order valence-corrected chi connectivity index (χ1v) is 11.2. The van der Waals surface area contributed by atoms with E-state index in [2.05, 4.69) is 15.5 Å². The van der Waals surface area contributed by atoms with E-state index < -0.39 is 15.1 Å². The van der Waals surface area contributed by atoms with Gasteiger partial charge < -0.3 is 14.6 Å². The summed E-state index contributed by atoms with van der Waals surface area (Å²) in [7, 11) is 0.432. The number of aromatic nitrogens is 3. The molecule has 1 N–H and O–H groups in total. The van der Waals surface area contributed by atoms with Gasteiger partial charge in [0.1, 0.15) is 5.75 Å². The van der Waals surface area contributed by atoms with Gasteiger partial charge in [0, 0.05) is 18.7 Å². The first kappa shape index (κ1) is 19.7. The minimum Gasteiger partial charge on any atom is -0.497 e. The first-order chi connectivity index (χ1) is 12.8. The molecule has 0 unspecified atom stereocenters. The summed E-state index contributed by atoms with van der Waals surface area (Å²) in [5.41, 5.74) is 0.894. The number of carbonyl (C=O) groups excluding carboxylic acids is 1. The number of rotatable bonds is 6. The van der Waals surface area contributed by atoms with E-state index in [1.165, 1.54) is 11.8 Å². The number of ether oxygens (including phenoxy) is 1. The van der Waals surface area contributed by atoms with Gasteiger partial charge in [0.25, 0.3) is 0 Å². The van der Waals surface area contributed by atoms with Gasteiger partial charge in [0.15, 0.2) is 20.8 Å². The van der Waals surface area contributed by atoms with Gasteiger partial charge in [-0.25, -0.2) is 8.42 Å². The molecule has 1 aromatic carbocycles. The highest BCUT2D eigenvalue weighted by Crippen LogP contribution is 2.27. The predicted octanol–water partition coefficient (Wildman–Crippen LogP) is 1.27. The highest BCUT2D eigenvalue weighted by atomic mass is 32.2. The summed E-state index contributed by atoms with van der Waals surface area (Å²) < 4.78 is 30.0. The van der Waals surface area contributed by atoms with Crippen LogP contribution in [0.4, 0.5) is 0 Å². The molecular weight excluding hydrogens is 388 g/mol. The number of sulfone groups is 1. The summed E-state index contributed by atoms with van der Waals surface area (Å²) in [5, 5.41) is 11.4. The summed E-state index contributed by atoms with van der Waals surface area (Å²) in [4.78, 5) is 12.4. The fourth-order valence-electron chi connectivity index (χ4n) is 2.85. The topological polar surface area (TPSA) is 103 Å². The van der Waals surface area contributed by atoms with E-state index in [-0.39, 0.29) is 23.5 Å². The molecular formula is C17H22N4O4S2. The predicted molar refractivity (Wildman–Crippen MR) is 104 cm³/mol. The molecule has 1 aliphatic rings. The van der Waals surface area contributed by atoms with E-state index in [0.29, 0.717) is 17.4 Å². The highest BCUT2D eigenvalue weighted by molar-refractivity contribution is 8.00. The average Bonchev–Trinajstić information content (AvgIpc) is 3.17. The standard InChI is InChI=1S/C17H22N4O4S2/c1-11(16(22)18-13-8-9-27(23,24)10-13)26-17-20-19-15(21(17)2)12-4-6-14(25-3)7-5-12/h4-7,11,13H,8-10H2,1-3H3,(H,18,22)/t11-,13+/m0/s1. The summed E-state index contributed by atoms with van der Waals surface area (Å²) in [6.07, 6.45) is 0.469. The Morgan fingerprint density at radius 2 is 2.04 bits per heavy atom. The molecule has 2 aromatic rings. The minimum absolute atomic E-state index is 0.0156. The number of hydrogen-bond acceptors (Lipinski definition) is 7. The molecule has 2 atom stereocenters. The Labute approximate surface area is 162 Å². The Morgan fingerprint density at radius 1 is 1.33 bits per heavy atom. The van der Waals surface area contributed by atoms with Crippen LogP contribution in [0.3, 0.4) is 0 Å². The van der Waals surface area contributed by atoms with Crippen LogP contribution >= 0.6 is 11.8 Å². The molecule has 0 bridgehead atoms. The second-order valence-corrected chi connectivity index (χ2v) is 10.00. The monoisotopic (exact) mass is 410 g/mol. The molecule has 0 radical (unpaired) electrons. The molecule has 1 amide bonds. The second kappa shape index (κ2) is 7.89. The lowest BCUT2D eigenvalue weighted by atomic mass is 10.2. The van der Waals surface area contributed by atoms with E-state index in [4.69, 9.17) is 4.74 Å². The number of amides is 1. The van der Waals surface area contributed by atoms with Crippen molar-refractivity contribution >= 4 is 27.5 Å². The molecule has 0 saturated carbocycles. The Kier molecular flexibility index (Phi) is 5.75. The summed E-state index contributed by atoms with van der Waals surface area (Å²) in [6.45, 7) is 1.77. The zero-order valence-corrected chi connectivity index (χ0v) is 17.0. The molecule has 27 heavy (non-hydrogen) atoms. The molecule has 10 heteroatoms. The van der Waals surface area contributed by atoms with Gasteiger partial charge in [-0.2, -0.15) is 0 Å². The van der Waals surface area contributed by atoms with Crippen LogP contribution in [0.1, 0.15) is 13.3 Å². The van der Waals surface area contributed by atoms with Crippen molar-refractivity contribution in [2.45, 2.75) is 29.8 Å². The lowest BCUT2D eigenvalue weighted by molar-refractivity contribution is -0.120. The van der Waals surface area contributed by atoms with Crippen molar-refractivity contribution in [2.75, 3.05) is 18.6 Å². The Morgan fingerprint density at radius 3 is 2.63 bits per heavy atom. The number of hydrogen-bond donors (Lipinski definition) is 1. The molecule has 1 aliphatic heterocycles. The fourth-order valence-corrected chi connectivity index (χ4v) is 5.35. The summed E-state index contributed by atoms with van der Waals surface area (Å²) in [6, 6.07) is 7.19. The maximum atomic E-state index is 12.4. The maximum absolute atomic E-state index is 12.4. The number of benzene rings is 1. The molecule has 1 aromatic heterocycles. The van der Waals surface area contributed by atoms with Crippen molar-refractivity contribution in [3.05, 3.63) is 24.3 Å².